The summed E-state index contributed by atoms with van der Waals surface area (Å²) in [6.07, 6.45) is -19.4. The zero-order chi connectivity index (χ0) is 42.5. The molecule has 0 heterocycles. The van der Waals surface area contributed by atoms with E-state index in [4.69, 9.17) is 0 Å². The van der Waals surface area contributed by atoms with Gasteiger partial charge in [-0.2, -0.15) is 101 Å². The Bertz CT molecular complexity index is 1470. The molecule has 0 atom stereocenters. The Hall–Kier alpha value is -3.59. The molecule has 0 aliphatic heterocycles. The van der Waals surface area contributed by atoms with E-state index in [1.54, 1.807) is 0 Å². The van der Waals surface area contributed by atoms with E-state index >= 15 is 0 Å². The summed E-state index contributed by atoms with van der Waals surface area (Å²) in [5, 5.41) is 0. The van der Waals surface area contributed by atoms with Gasteiger partial charge in [0, 0.05) is 0 Å². The van der Waals surface area contributed by atoms with Gasteiger partial charge in [-0.15, -0.1) is 0 Å². The SMILES string of the molecule is O=C(OCCC(F)(F)C(F)(F)C(F)(F)C(F)(F)C(F)(F)C(F)F)c1cccc(C(=O)OCCC(F)(F)C(F)(F)C(F)(F)C(F)(F)C(F)(F)C(F)(F)F)c1. The Morgan fingerprint density at radius 1 is 0.472 bits per heavy atom. The summed E-state index contributed by atoms with van der Waals surface area (Å²) in [4.78, 5) is 24.0. The lowest BCUT2D eigenvalue weighted by Crippen LogP contribution is -2.70. The molecule has 0 radical (unpaired) electrons. The molecular formula is C24H13F25O4. The lowest BCUT2D eigenvalue weighted by atomic mass is 9.93. The van der Waals surface area contributed by atoms with Crippen LogP contribution in [0.25, 0.3) is 0 Å². The van der Waals surface area contributed by atoms with Gasteiger partial charge < -0.3 is 9.47 Å². The Morgan fingerprint density at radius 3 is 1.08 bits per heavy atom. The second kappa shape index (κ2) is 14.2. The first kappa shape index (κ1) is 47.4. The average molecular weight is 840 g/mol. The highest BCUT2D eigenvalue weighted by atomic mass is 19.4. The maximum absolute atomic E-state index is 13.8. The molecule has 1 aromatic rings. The van der Waals surface area contributed by atoms with E-state index in [-0.39, 0.29) is 6.07 Å². The van der Waals surface area contributed by atoms with Gasteiger partial charge in [-0.3, -0.25) is 0 Å². The average Bonchev–Trinajstić information content (AvgIpc) is 2.99. The predicted molar refractivity (Wildman–Crippen MR) is 118 cm³/mol. The number of rotatable bonds is 17. The van der Waals surface area contributed by atoms with Gasteiger partial charge in [-0.1, -0.05) is 6.07 Å². The van der Waals surface area contributed by atoms with E-state index in [9.17, 15) is 119 Å². The number of benzene rings is 1. The molecule has 4 nitrogen and oxygen atoms in total. The van der Waals surface area contributed by atoms with Crippen molar-refractivity contribution in [1.82, 2.24) is 0 Å². The molecule has 0 amide bonds. The van der Waals surface area contributed by atoms with Crippen LogP contribution in [0.15, 0.2) is 24.3 Å². The second-order valence-corrected chi connectivity index (χ2v) is 10.2. The van der Waals surface area contributed by atoms with Crippen LogP contribution in [0.2, 0.25) is 0 Å². The van der Waals surface area contributed by atoms with Gasteiger partial charge in [-0.25, -0.2) is 18.4 Å². The van der Waals surface area contributed by atoms with Crippen molar-refractivity contribution in [1.29, 1.82) is 0 Å². The van der Waals surface area contributed by atoms with Crippen molar-refractivity contribution in [2.24, 2.45) is 0 Å². The minimum absolute atomic E-state index is 0.152. The van der Waals surface area contributed by atoms with Gasteiger partial charge >= 0.3 is 83.8 Å². The number of ether oxygens (including phenoxy) is 2. The third kappa shape index (κ3) is 7.83. The Labute approximate surface area is 275 Å². The third-order valence-electron chi connectivity index (χ3n) is 6.57. The molecule has 0 N–H and O–H groups in total. The van der Waals surface area contributed by atoms with E-state index < -0.39 is 121 Å². The van der Waals surface area contributed by atoms with Crippen LogP contribution in [-0.4, -0.2) is 97.0 Å². The molecule has 0 aliphatic rings. The van der Waals surface area contributed by atoms with Crippen molar-refractivity contribution in [2.45, 2.75) is 84.7 Å². The Balaban J connectivity index is 3.05. The van der Waals surface area contributed by atoms with Crippen LogP contribution in [0, 0.1) is 0 Å². The fraction of sp³-hybridized carbons (Fsp3) is 0.667. The highest BCUT2D eigenvalue weighted by Gasteiger charge is 2.91. The molecule has 0 spiro atoms. The fourth-order valence-electron chi connectivity index (χ4n) is 3.37. The van der Waals surface area contributed by atoms with Crippen LogP contribution >= 0.6 is 0 Å². The first-order valence-corrected chi connectivity index (χ1v) is 12.7. The molecular weight excluding hydrogens is 827 g/mol. The summed E-state index contributed by atoms with van der Waals surface area (Å²) in [7, 11) is 0. The first-order valence-electron chi connectivity index (χ1n) is 12.7. The summed E-state index contributed by atoms with van der Waals surface area (Å²) in [5.74, 6) is -80.1. The van der Waals surface area contributed by atoms with E-state index in [0.29, 0.717) is 18.2 Å². The summed E-state index contributed by atoms with van der Waals surface area (Å²) < 4.78 is 337. The lowest BCUT2D eigenvalue weighted by Gasteiger charge is -2.39. The minimum atomic E-state index is -8.22. The zero-order valence-electron chi connectivity index (χ0n) is 24.3. The van der Waals surface area contributed by atoms with Crippen LogP contribution < -0.4 is 0 Å². The van der Waals surface area contributed by atoms with Crippen LogP contribution in [0.3, 0.4) is 0 Å². The van der Waals surface area contributed by atoms with E-state index in [0.717, 1.165) is 0 Å². The number of alkyl halides is 25. The molecule has 0 saturated heterocycles. The van der Waals surface area contributed by atoms with Gasteiger partial charge in [0.25, 0.3) is 0 Å². The van der Waals surface area contributed by atoms with Gasteiger partial charge in [-0.05, 0) is 18.2 Å². The van der Waals surface area contributed by atoms with Crippen LogP contribution in [0.4, 0.5) is 110 Å². The zero-order valence-corrected chi connectivity index (χ0v) is 24.3. The van der Waals surface area contributed by atoms with Gasteiger partial charge in [0.2, 0.25) is 0 Å². The van der Waals surface area contributed by atoms with Crippen molar-refractivity contribution in [3.8, 4) is 0 Å². The van der Waals surface area contributed by atoms with Crippen molar-refractivity contribution >= 4 is 11.9 Å². The van der Waals surface area contributed by atoms with Crippen molar-refractivity contribution < 1.29 is 129 Å². The second-order valence-electron chi connectivity index (χ2n) is 10.2. The number of carbonyl (C=O) groups is 2. The smallest absolute Gasteiger partial charge is 0.460 e. The molecule has 1 rings (SSSR count). The molecule has 29 heteroatoms. The molecule has 0 saturated carbocycles. The van der Waals surface area contributed by atoms with Gasteiger partial charge in [0.1, 0.15) is 0 Å². The standard InChI is InChI=1S/C24H13F25O4/c25-13(26)16(31,32)19(37,38)20(39,40)17(33,34)14(27,28)4-6-52-11(50)9-2-1-3-10(8-9)12(51)53-7-5-15(29,30)18(35,36)21(41,42)22(43,44)23(45,46)24(47,48)49/h1-3,8,13H,4-7H2. The molecule has 308 valence electrons. The van der Waals surface area contributed by atoms with Crippen molar-refractivity contribution in [3.63, 3.8) is 0 Å². The topological polar surface area (TPSA) is 52.6 Å². The Kier molecular flexibility index (Phi) is 12.7. The monoisotopic (exact) mass is 840 g/mol. The molecule has 0 aliphatic carbocycles. The van der Waals surface area contributed by atoms with E-state index in [1.807, 2.05) is 0 Å². The number of hydrogen-bond acceptors (Lipinski definition) is 4. The molecule has 1 aromatic carbocycles. The van der Waals surface area contributed by atoms with Crippen LogP contribution in [-0.2, 0) is 9.47 Å². The van der Waals surface area contributed by atoms with Gasteiger partial charge in [0.15, 0.2) is 0 Å². The van der Waals surface area contributed by atoms with Crippen molar-refractivity contribution in [2.75, 3.05) is 13.2 Å². The minimum Gasteiger partial charge on any atom is -0.462 e. The summed E-state index contributed by atoms with van der Waals surface area (Å²) in [6, 6.07) is 1.65. The quantitative estimate of drug-likeness (QED) is 0.116. The Morgan fingerprint density at radius 2 is 0.774 bits per heavy atom. The maximum Gasteiger partial charge on any atom is 0.460 e. The van der Waals surface area contributed by atoms with E-state index in [2.05, 4.69) is 9.47 Å². The summed E-state index contributed by atoms with van der Waals surface area (Å²) in [6.45, 7) is -4.49. The van der Waals surface area contributed by atoms with Gasteiger partial charge in [0.05, 0.1) is 37.2 Å². The number of esters is 2. The summed E-state index contributed by atoms with van der Waals surface area (Å²) in [5.41, 5.74) is -2.28. The van der Waals surface area contributed by atoms with E-state index in [1.165, 1.54) is 0 Å². The molecule has 0 aromatic heterocycles. The normalized spacial score (nSPS) is 15.1. The number of hydrogen-bond donors (Lipinski definition) is 0. The van der Waals surface area contributed by atoms with Crippen LogP contribution in [0.5, 0.6) is 0 Å². The molecule has 0 fully saturated rings. The number of carbonyl (C=O) groups excluding carboxylic acids is 2. The maximum atomic E-state index is 13.8. The molecule has 0 unspecified atom stereocenters. The highest BCUT2D eigenvalue weighted by Crippen LogP contribution is 2.61. The largest absolute Gasteiger partial charge is 0.462 e. The predicted octanol–water partition coefficient (Wildman–Crippen LogP) is 9.96. The highest BCUT2D eigenvalue weighted by molar-refractivity contribution is 5.95. The lowest BCUT2D eigenvalue weighted by molar-refractivity contribution is -0.440. The molecule has 53 heavy (non-hydrogen) atoms. The molecule has 0 bridgehead atoms. The first-order chi connectivity index (χ1) is 23.2. The number of halogens is 25. The fourth-order valence-corrected chi connectivity index (χ4v) is 3.37. The van der Waals surface area contributed by atoms with Crippen LogP contribution in [0.1, 0.15) is 33.6 Å². The third-order valence-corrected chi connectivity index (χ3v) is 6.57. The van der Waals surface area contributed by atoms with Crippen molar-refractivity contribution in [3.05, 3.63) is 35.4 Å². The summed E-state index contributed by atoms with van der Waals surface area (Å²) >= 11 is 0.